The number of H-pyrrole nitrogens is 1. The summed E-state index contributed by atoms with van der Waals surface area (Å²) < 4.78 is 21.8. The number of nitrogens with one attached hydrogen (secondary N) is 2. The lowest BCUT2D eigenvalue weighted by Gasteiger charge is -2.31. The quantitative estimate of drug-likeness (QED) is 0.252. The van der Waals surface area contributed by atoms with E-state index < -0.39 is 28.8 Å². The van der Waals surface area contributed by atoms with Gasteiger partial charge in [0, 0.05) is 55.2 Å². The van der Waals surface area contributed by atoms with Crippen LogP contribution in [0.1, 0.15) is 23.3 Å². The number of hydrogen-bond acceptors (Lipinski definition) is 8. The van der Waals surface area contributed by atoms with Crippen LogP contribution in [0.3, 0.4) is 0 Å². The van der Waals surface area contributed by atoms with E-state index in [2.05, 4.69) is 25.2 Å². The summed E-state index contributed by atoms with van der Waals surface area (Å²) in [5, 5.41) is 24.0. The summed E-state index contributed by atoms with van der Waals surface area (Å²) in [4.78, 5) is 39.8. The summed E-state index contributed by atoms with van der Waals surface area (Å²) in [6, 6.07) is 3.98. The van der Waals surface area contributed by atoms with Gasteiger partial charge in [-0.05, 0) is 25.1 Å². The molecule has 1 aliphatic rings. The van der Waals surface area contributed by atoms with Crippen LogP contribution in [0.15, 0.2) is 41.6 Å². The molecule has 5 heterocycles. The summed E-state index contributed by atoms with van der Waals surface area (Å²) >= 11 is 0. The number of fused-ring (bicyclic) bond motifs is 4. The monoisotopic (exact) mass is 546 g/mol. The molecule has 4 aromatic heterocycles. The van der Waals surface area contributed by atoms with Crippen molar-refractivity contribution < 1.29 is 24.1 Å². The van der Waals surface area contributed by atoms with Crippen LogP contribution in [-0.4, -0.2) is 75.7 Å². The zero-order chi connectivity index (χ0) is 28.1. The molecule has 1 aliphatic heterocycles. The normalized spacial score (nSPS) is 14.8. The van der Waals surface area contributed by atoms with Crippen molar-refractivity contribution in [2.45, 2.75) is 13.0 Å². The first-order valence-corrected chi connectivity index (χ1v) is 12.9. The van der Waals surface area contributed by atoms with Crippen molar-refractivity contribution in [1.29, 1.82) is 0 Å². The molecule has 0 bridgehead atoms. The van der Waals surface area contributed by atoms with E-state index in [0.717, 1.165) is 11.1 Å². The smallest absolute Gasteiger partial charge is 0.341 e. The average Bonchev–Trinajstić information content (AvgIpc) is 3.34. The predicted molar refractivity (Wildman–Crippen MR) is 150 cm³/mol. The van der Waals surface area contributed by atoms with Crippen LogP contribution in [0.25, 0.3) is 44.1 Å². The number of ether oxygens (including phenoxy) is 1. The third-order valence-corrected chi connectivity index (χ3v) is 7.41. The number of pyridine rings is 3. The highest BCUT2D eigenvalue weighted by Gasteiger charge is 2.25. The lowest BCUT2D eigenvalue weighted by Crippen LogP contribution is -2.36. The zero-order valence-electron chi connectivity index (χ0n) is 21.9. The molecule has 11 nitrogen and oxygen atoms in total. The fourth-order valence-corrected chi connectivity index (χ4v) is 5.39. The predicted octanol–water partition coefficient (Wildman–Crippen LogP) is 3.36. The molecule has 5 aromatic rings. The Balaban J connectivity index is 1.68. The number of aromatic amines is 1. The largest absolute Gasteiger partial charge is 0.477 e. The van der Waals surface area contributed by atoms with Crippen LogP contribution in [0.4, 0.5) is 15.8 Å². The Morgan fingerprint density at radius 2 is 1.98 bits per heavy atom. The second-order valence-electron chi connectivity index (χ2n) is 9.81. The maximum atomic E-state index is 14.7. The Kier molecular flexibility index (Phi) is 6.35. The van der Waals surface area contributed by atoms with E-state index in [1.54, 1.807) is 32.4 Å². The topological polar surface area (TPSA) is 146 Å². The van der Waals surface area contributed by atoms with Crippen molar-refractivity contribution in [3.63, 3.8) is 0 Å². The number of anilines is 2. The van der Waals surface area contributed by atoms with Gasteiger partial charge in [0.1, 0.15) is 22.7 Å². The Morgan fingerprint density at radius 1 is 1.20 bits per heavy atom. The molecule has 6 rings (SSSR count). The van der Waals surface area contributed by atoms with E-state index >= 15 is 0 Å². The average molecular weight is 547 g/mol. The van der Waals surface area contributed by atoms with Crippen molar-refractivity contribution in [2.24, 2.45) is 0 Å². The molecule has 206 valence electrons. The summed E-state index contributed by atoms with van der Waals surface area (Å²) in [5.74, 6) is -1.77. The van der Waals surface area contributed by atoms with Crippen molar-refractivity contribution in [1.82, 2.24) is 19.5 Å². The van der Waals surface area contributed by atoms with Gasteiger partial charge in [0.05, 0.1) is 53.5 Å². The van der Waals surface area contributed by atoms with Gasteiger partial charge >= 0.3 is 5.97 Å². The molecule has 0 aliphatic carbocycles. The number of morpholine rings is 1. The lowest BCUT2D eigenvalue weighted by molar-refractivity contribution is 0.0694. The Morgan fingerprint density at radius 3 is 2.67 bits per heavy atom. The molecule has 12 heteroatoms. The number of carboxylic acid groups (broad SMARTS) is 1. The minimum atomic E-state index is -1.37. The summed E-state index contributed by atoms with van der Waals surface area (Å²) in [6.07, 6.45) is 4.49. The number of halogens is 1. The standard InChI is InChI=1S/C28H27FN6O5/c1-14(13-36)35-12-20(28(38)39)25(37)18-7-15(10-32-27(18)35)19-11-31-26-22(24(19)34-3-5-40-6-4-34)17-8-16(29)9-21(30-2)23(17)33-26/h7-12,14,30,36H,3-6,13H2,1-2H3,(H,31,33)(H,38,39)/t14-/m0/s1. The highest BCUT2D eigenvalue weighted by atomic mass is 19.1. The first-order chi connectivity index (χ1) is 19.3. The number of aliphatic hydroxyl groups is 1. The Labute approximate surface area is 226 Å². The van der Waals surface area contributed by atoms with Crippen LogP contribution in [0.2, 0.25) is 0 Å². The molecule has 40 heavy (non-hydrogen) atoms. The van der Waals surface area contributed by atoms with Crippen molar-refractivity contribution in [2.75, 3.05) is 50.2 Å². The molecule has 0 amide bonds. The van der Waals surface area contributed by atoms with Gasteiger partial charge in [0.2, 0.25) is 5.43 Å². The highest BCUT2D eigenvalue weighted by Crippen LogP contribution is 2.42. The number of benzene rings is 1. The lowest BCUT2D eigenvalue weighted by atomic mass is 10.0. The third kappa shape index (κ3) is 4.03. The summed E-state index contributed by atoms with van der Waals surface area (Å²) in [6.45, 7) is 3.60. The first-order valence-electron chi connectivity index (χ1n) is 12.9. The number of carbonyl (C=O) groups is 1. The van der Waals surface area contributed by atoms with E-state index in [9.17, 15) is 24.2 Å². The van der Waals surface area contributed by atoms with Gasteiger partial charge < -0.3 is 34.7 Å². The minimum absolute atomic E-state index is 0.105. The molecule has 0 saturated carbocycles. The second-order valence-corrected chi connectivity index (χ2v) is 9.81. The molecule has 1 saturated heterocycles. The molecular formula is C28H27FN6O5. The highest BCUT2D eigenvalue weighted by molar-refractivity contribution is 6.17. The van der Waals surface area contributed by atoms with Crippen LogP contribution in [0, 0.1) is 5.82 Å². The summed E-state index contributed by atoms with van der Waals surface area (Å²) in [5.41, 5.74) is 3.03. The van der Waals surface area contributed by atoms with Crippen molar-refractivity contribution in [3.8, 4) is 11.1 Å². The number of aliphatic hydroxyl groups excluding tert-OH is 1. The van der Waals surface area contributed by atoms with Gasteiger partial charge in [-0.25, -0.2) is 19.2 Å². The SMILES string of the molecule is CNc1cc(F)cc2c1[nH]c1ncc(-c3cnc4c(c3)c(=O)c(C(=O)O)cn4[C@@H](C)CO)c(N3CCOCC3)c12. The molecule has 0 spiro atoms. The van der Waals surface area contributed by atoms with Gasteiger partial charge in [-0.1, -0.05) is 0 Å². The number of aromatic carboxylic acids is 1. The zero-order valence-corrected chi connectivity index (χ0v) is 21.9. The van der Waals surface area contributed by atoms with Gasteiger partial charge in [-0.15, -0.1) is 0 Å². The van der Waals surface area contributed by atoms with Gasteiger partial charge in [0.25, 0.3) is 0 Å². The second kappa shape index (κ2) is 9.88. The molecule has 0 unspecified atom stereocenters. The van der Waals surface area contributed by atoms with Crippen molar-refractivity contribution >= 4 is 50.3 Å². The maximum Gasteiger partial charge on any atom is 0.341 e. The van der Waals surface area contributed by atoms with Gasteiger partial charge in [-0.2, -0.15) is 0 Å². The molecule has 0 radical (unpaired) electrons. The van der Waals surface area contributed by atoms with E-state index in [0.29, 0.717) is 59.7 Å². The maximum absolute atomic E-state index is 14.7. The van der Waals surface area contributed by atoms with E-state index in [1.807, 2.05) is 0 Å². The molecule has 4 N–H and O–H groups in total. The Hall–Kier alpha value is -4.55. The fourth-order valence-electron chi connectivity index (χ4n) is 5.39. The van der Waals surface area contributed by atoms with Crippen LogP contribution < -0.4 is 15.6 Å². The minimum Gasteiger partial charge on any atom is -0.477 e. The van der Waals surface area contributed by atoms with Gasteiger partial charge in [-0.3, -0.25) is 4.79 Å². The number of aromatic nitrogens is 4. The van der Waals surface area contributed by atoms with E-state index in [1.165, 1.54) is 22.9 Å². The number of nitrogens with zero attached hydrogens (tertiary/aromatic N) is 4. The number of hydrogen-bond donors (Lipinski definition) is 4. The van der Waals surface area contributed by atoms with E-state index in [4.69, 9.17) is 4.74 Å². The molecule has 1 aromatic carbocycles. The van der Waals surface area contributed by atoms with Crippen LogP contribution in [0.5, 0.6) is 0 Å². The van der Waals surface area contributed by atoms with Gasteiger partial charge in [0.15, 0.2) is 0 Å². The molecule has 1 fully saturated rings. The summed E-state index contributed by atoms with van der Waals surface area (Å²) in [7, 11) is 1.72. The number of rotatable bonds is 6. The number of carboxylic acids is 1. The first kappa shape index (κ1) is 25.7. The molecular weight excluding hydrogens is 519 g/mol. The third-order valence-electron chi connectivity index (χ3n) is 7.41. The van der Waals surface area contributed by atoms with Crippen LogP contribution in [-0.2, 0) is 4.74 Å². The Bertz CT molecular complexity index is 1860. The van der Waals surface area contributed by atoms with Crippen molar-refractivity contribution in [3.05, 3.63) is 58.4 Å². The van der Waals surface area contributed by atoms with E-state index in [-0.39, 0.29) is 17.6 Å². The van der Waals surface area contributed by atoms with Crippen LogP contribution >= 0.6 is 0 Å². The molecule has 1 atom stereocenters. The fraction of sp³-hybridized carbons (Fsp3) is 0.286.